The highest BCUT2D eigenvalue weighted by molar-refractivity contribution is 7.99. The van der Waals surface area contributed by atoms with Crippen molar-refractivity contribution in [3.63, 3.8) is 0 Å². The van der Waals surface area contributed by atoms with Gasteiger partial charge in [-0.25, -0.2) is 9.78 Å². The molecule has 1 aromatic heterocycles. The number of carboxylic acid groups (broad SMARTS) is 1. The number of anilines is 2. The molecule has 1 aromatic rings. The smallest absolute Gasteiger partial charge is 0.327 e. The Morgan fingerprint density at radius 2 is 1.83 bits per heavy atom. The number of carbonyl (C=O) groups is 1. The van der Waals surface area contributed by atoms with Gasteiger partial charge in [0.25, 0.3) is 0 Å². The highest BCUT2D eigenvalue weighted by Crippen LogP contribution is 2.14. The first-order chi connectivity index (χ1) is 13.8. The molecule has 0 aliphatic rings. The predicted octanol–water partition coefficient (Wildman–Crippen LogP) is 5.08. The van der Waals surface area contributed by atoms with Gasteiger partial charge in [0.15, 0.2) is 0 Å². The molecule has 0 saturated carbocycles. The molecule has 0 amide bonds. The number of hydrogen-bond donors (Lipinski definition) is 3. The number of thioether (sulfide) groups is 1. The Morgan fingerprint density at radius 1 is 1.17 bits per heavy atom. The summed E-state index contributed by atoms with van der Waals surface area (Å²) in [4.78, 5) is 19.3. The minimum absolute atomic E-state index is 0.117. The summed E-state index contributed by atoms with van der Waals surface area (Å²) in [6.45, 7) is 8.58. The molecule has 0 bridgehead atoms. The van der Waals surface area contributed by atoms with Crippen molar-refractivity contribution >= 4 is 29.5 Å². The number of carboxylic acids is 1. The summed E-state index contributed by atoms with van der Waals surface area (Å²) in [5.41, 5.74) is 9.66. The van der Waals surface area contributed by atoms with Gasteiger partial charge in [0, 0.05) is 17.7 Å². The van der Waals surface area contributed by atoms with Crippen molar-refractivity contribution in [3.8, 4) is 0 Å². The quantitative estimate of drug-likeness (QED) is 0.303. The van der Waals surface area contributed by atoms with E-state index >= 15 is 0 Å². The van der Waals surface area contributed by atoms with Gasteiger partial charge in [-0.2, -0.15) is 16.7 Å². The van der Waals surface area contributed by atoms with Gasteiger partial charge in [0.1, 0.15) is 11.9 Å². The van der Waals surface area contributed by atoms with Gasteiger partial charge in [0.05, 0.1) is 0 Å². The Balaban J connectivity index is 2.34. The van der Waals surface area contributed by atoms with Crippen molar-refractivity contribution < 1.29 is 9.90 Å². The average Bonchev–Trinajstić information content (AvgIpc) is 2.63. The first-order valence-electron chi connectivity index (χ1n) is 9.88. The molecule has 0 unspecified atom stereocenters. The molecular weight excluding hydrogens is 384 g/mol. The zero-order valence-electron chi connectivity index (χ0n) is 17.9. The molecule has 0 aliphatic carbocycles. The summed E-state index contributed by atoms with van der Waals surface area (Å²) in [5, 5.41) is 12.3. The van der Waals surface area contributed by atoms with Gasteiger partial charge in [-0.1, -0.05) is 34.9 Å². The summed E-state index contributed by atoms with van der Waals surface area (Å²) in [6, 6.07) is 0.880. The molecule has 160 valence electrons. The van der Waals surface area contributed by atoms with Crippen molar-refractivity contribution in [3.05, 3.63) is 47.2 Å². The van der Waals surface area contributed by atoms with Gasteiger partial charge < -0.3 is 16.2 Å². The van der Waals surface area contributed by atoms with Gasteiger partial charge >= 0.3 is 5.97 Å². The van der Waals surface area contributed by atoms with Crippen LogP contribution >= 0.6 is 11.8 Å². The van der Waals surface area contributed by atoms with E-state index in [0.29, 0.717) is 11.6 Å². The van der Waals surface area contributed by atoms with Crippen LogP contribution in [0.25, 0.3) is 0 Å². The van der Waals surface area contributed by atoms with Crippen LogP contribution in [0.5, 0.6) is 0 Å². The zero-order valence-corrected chi connectivity index (χ0v) is 18.8. The lowest BCUT2D eigenvalue weighted by molar-refractivity contribution is -0.137. The van der Waals surface area contributed by atoms with Crippen LogP contribution in [0.3, 0.4) is 0 Å². The molecule has 0 saturated heterocycles. The molecule has 29 heavy (non-hydrogen) atoms. The van der Waals surface area contributed by atoms with Crippen LogP contribution in [0, 0.1) is 0 Å². The van der Waals surface area contributed by atoms with Crippen LogP contribution in [-0.2, 0) is 4.79 Å². The first-order valence-corrected chi connectivity index (χ1v) is 11.0. The third-order valence-electron chi connectivity index (χ3n) is 4.25. The third-order valence-corrected chi connectivity index (χ3v) is 5.22. The van der Waals surface area contributed by atoms with E-state index in [4.69, 9.17) is 5.73 Å². The standard InChI is InChI=1S/C22H34N4O2S/c1-16(2)7-5-8-17(3)9-6-10-18(4)12-14-29-15-19(21(27)28)25-20-11-13-24-22(23)26-20/h7,9,11-13,19H,5-6,8,10,14-15H2,1-4H3,(H,27,28)(H3,23,24,25,26)/b17-9+,18-12+/t19-/m0/s1. The lowest BCUT2D eigenvalue weighted by Crippen LogP contribution is -2.32. The number of hydrogen-bond acceptors (Lipinski definition) is 6. The second kappa shape index (κ2) is 13.8. The minimum Gasteiger partial charge on any atom is -0.480 e. The molecule has 7 heteroatoms. The number of aliphatic carboxylic acids is 1. The molecule has 4 N–H and O–H groups in total. The fraction of sp³-hybridized carbons (Fsp3) is 0.500. The van der Waals surface area contributed by atoms with E-state index in [1.54, 1.807) is 17.8 Å². The van der Waals surface area contributed by atoms with Crippen molar-refractivity contribution in [1.29, 1.82) is 0 Å². The maximum Gasteiger partial charge on any atom is 0.327 e. The van der Waals surface area contributed by atoms with E-state index in [1.165, 1.54) is 22.9 Å². The Kier molecular flexibility index (Phi) is 11.8. The Bertz CT molecular complexity index is 740. The zero-order chi connectivity index (χ0) is 21.6. The normalized spacial score (nSPS) is 13.1. The molecule has 1 rings (SSSR count). The van der Waals surface area contributed by atoms with E-state index in [9.17, 15) is 9.90 Å². The van der Waals surface area contributed by atoms with E-state index in [-0.39, 0.29) is 5.95 Å². The SMILES string of the molecule is CC(C)=CCC/C(C)=C/CC/C(C)=C/CSC[C@H](Nc1ccnc(N)n1)C(=O)O. The number of nitrogen functional groups attached to an aromatic ring is 1. The Hall–Kier alpha value is -2.28. The summed E-state index contributed by atoms with van der Waals surface area (Å²) in [7, 11) is 0. The molecule has 6 nitrogen and oxygen atoms in total. The third kappa shape index (κ3) is 12.0. The number of rotatable bonds is 13. The van der Waals surface area contributed by atoms with E-state index < -0.39 is 12.0 Å². The summed E-state index contributed by atoms with van der Waals surface area (Å²) >= 11 is 1.58. The second-order valence-electron chi connectivity index (χ2n) is 7.33. The monoisotopic (exact) mass is 418 g/mol. The maximum atomic E-state index is 11.5. The van der Waals surface area contributed by atoms with Crippen LogP contribution < -0.4 is 11.1 Å². The minimum atomic E-state index is -0.913. The summed E-state index contributed by atoms with van der Waals surface area (Å²) in [5.74, 6) is 0.846. The predicted molar refractivity (Wildman–Crippen MR) is 124 cm³/mol. The summed E-state index contributed by atoms with van der Waals surface area (Å²) < 4.78 is 0. The molecular formula is C22H34N4O2S. The van der Waals surface area contributed by atoms with Crippen molar-refractivity contribution in [2.45, 2.75) is 59.4 Å². The van der Waals surface area contributed by atoms with Crippen LogP contribution in [0.1, 0.15) is 53.4 Å². The first kappa shape index (κ1) is 24.8. The maximum absolute atomic E-state index is 11.5. The average molecular weight is 419 g/mol. The molecule has 0 aromatic carbocycles. The highest BCUT2D eigenvalue weighted by Gasteiger charge is 2.17. The van der Waals surface area contributed by atoms with Gasteiger partial charge in [-0.05, 0) is 59.4 Å². The van der Waals surface area contributed by atoms with Crippen LogP contribution in [0.4, 0.5) is 11.8 Å². The fourth-order valence-electron chi connectivity index (χ4n) is 2.53. The number of nitrogens with zero attached hydrogens (tertiary/aromatic N) is 2. The Labute approximate surface area is 178 Å². The highest BCUT2D eigenvalue weighted by atomic mass is 32.2. The molecule has 1 heterocycles. The fourth-order valence-corrected chi connectivity index (χ4v) is 3.53. The number of nitrogens with one attached hydrogen (secondary N) is 1. The second-order valence-corrected chi connectivity index (χ2v) is 8.41. The lowest BCUT2D eigenvalue weighted by atomic mass is 10.1. The number of aromatic nitrogens is 2. The molecule has 0 aliphatic heterocycles. The van der Waals surface area contributed by atoms with Gasteiger partial charge in [0.2, 0.25) is 5.95 Å². The topological polar surface area (TPSA) is 101 Å². The largest absolute Gasteiger partial charge is 0.480 e. The number of nitrogens with two attached hydrogens (primary N) is 1. The van der Waals surface area contributed by atoms with E-state index in [0.717, 1.165) is 31.4 Å². The molecule has 1 atom stereocenters. The number of allylic oxidation sites excluding steroid dienone is 5. The molecule has 0 fully saturated rings. The van der Waals surface area contributed by atoms with E-state index in [2.05, 4.69) is 61.2 Å². The van der Waals surface area contributed by atoms with Gasteiger partial charge in [-0.15, -0.1) is 0 Å². The van der Waals surface area contributed by atoms with Crippen molar-refractivity contribution in [2.75, 3.05) is 22.6 Å². The van der Waals surface area contributed by atoms with Crippen molar-refractivity contribution in [1.82, 2.24) is 9.97 Å². The van der Waals surface area contributed by atoms with Crippen LogP contribution in [-0.4, -0.2) is 38.6 Å². The van der Waals surface area contributed by atoms with Crippen LogP contribution in [0.2, 0.25) is 0 Å². The molecule has 0 radical (unpaired) electrons. The molecule has 0 spiro atoms. The van der Waals surface area contributed by atoms with Crippen molar-refractivity contribution in [2.24, 2.45) is 0 Å². The lowest BCUT2D eigenvalue weighted by Gasteiger charge is -2.14. The van der Waals surface area contributed by atoms with Crippen LogP contribution in [0.15, 0.2) is 47.2 Å². The summed E-state index contributed by atoms with van der Waals surface area (Å²) in [6.07, 6.45) is 12.6. The van der Waals surface area contributed by atoms with E-state index in [1.807, 2.05) is 0 Å². The Morgan fingerprint density at radius 3 is 2.45 bits per heavy atom. The van der Waals surface area contributed by atoms with Gasteiger partial charge in [-0.3, -0.25) is 0 Å².